The minimum atomic E-state index is -0.486. The largest absolute Gasteiger partial charge is 0.450 e. The monoisotopic (exact) mass is 237 g/mol. The molecule has 0 bridgehead atoms. The zero-order chi connectivity index (χ0) is 12.7. The molecule has 4 heteroatoms. The average molecular weight is 237 g/mol. The van der Waals surface area contributed by atoms with Crippen molar-refractivity contribution in [1.82, 2.24) is 5.32 Å². The van der Waals surface area contributed by atoms with Crippen LogP contribution in [0, 0.1) is 6.92 Å². The Labute approximate surface area is 102 Å². The number of hydrogen-bond acceptors (Lipinski definition) is 3. The van der Waals surface area contributed by atoms with Gasteiger partial charge in [-0.15, -0.1) is 0 Å². The number of benzene rings is 1. The van der Waals surface area contributed by atoms with Gasteiger partial charge in [-0.2, -0.15) is 0 Å². The maximum Gasteiger partial charge on any atom is 0.407 e. The van der Waals surface area contributed by atoms with Crippen LogP contribution in [0.15, 0.2) is 24.3 Å². The van der Waals surface area contributed by atoms with E-state index in [1.807, 2.05) is 31.2 Å². The topological polar surface area (TPSA) is 58.6 Å². The van der Waals surface area contributed by atoms with Crippen LogP contribution >= 0.6 is 0 Å². The van der Waals surface area contributed by atoms with Crippen LogP contribution in [0.5, 0.6) is 0 Å². The van der Waals surface area contributed by atoms with Crippen molar-refractivity contribution in [1.29, 1.82) is 0 Å². The van der Waals surface area contributed by atoms with E-state index in [2.05, 4.69) is 5.32 Å². The molecule has 0 aliphatic rings. The van der Waals surface area contributed by atoms with Crippen molar-refractivity contribution in [2.24, 2.45) is 0 Å². The van der Waals surface area contributed by atoms with Crippen molar-refractivity contribution in [3.8, 4) is 0 Å². The Bertz CT molecular complexity index is 365. The maximum atomic E-state index is 11.2. The van der Waals surface area contributed by atoms with Gasteiger partial charge in [0.25, 0.3) is 0 Å². The van der Waals surface area contributed by atoms with Gasteiger partial charge in [-0.05, 0) is 31.4 Å². The molecule has 0 spiro atoms. The molecule has 0 fully saturated rings. The number of hydrogen-bond donors (Lipinski definition) is 2. The highest BCUT2D eigenvalue weighted by Gasteiger charge is 2.13. The van der Waals surface area contributed by atoms with Crippen LogP contribution in [0.25, 0.3) is 0 Å². The van der Waals surface area contributed by atoms with Gasteiger partial charge >= 0.3 is 6.09 Å². The third-order valence-electron chi connectivity index (χ3n) is 2.55. The van der Waals surface area contributed by atoms with Gasteiger partial charge in [0.1, 0.15) is 0 Å². The molecule has 0 radical (unpaired) electrons. The molecule has 1 amide bonds. The highest BCUT2D eigenvalue weighted by molar-refractivity contribution is 5.67. The normalized spacial score (nSPS) is 11.9. The fraction of sp³-hybridized carbons (Fsp3) is 0.462. The second-order valence-corrected chi connectivity index (χ2v) is 3.87. The molecular formula is C13H19NO3. The molecule has 0 heterocycles. The standard InChI is InChI=1S/C13H19NO3/c1-3-17-13(16)14-12(9-15)8-11-7-5-4-6-10(11)2/h4-7,12,15H,3,8-9H2,1-2H3,(H,14,16). The Hall–Kier alpha value is -1.55. The Morgan fingerprint density at radius 2 is 2.18 bits per heavy atom. The van der Waals surface area contributed by atoms with Crippen LogP contribution in [0.3, 0.4) is 0 Å². The van der Waals surface area contributed by atoms with Crippen molar-refractivity contribution >= 4 is 6.09 Å². The first-order chi connectivity index (χ1) is 8.17. The zero-order valence-electron chi connectivity index (χ0n) is 10.3. The van der Waals surface area contributed by atoms with Gasteiger partial charge in [0, 0.05) is 0 Å². The van der Waals surface area contributed by atoms with Crippen LogP contribution in [0.2, 0.25) is 0 Å². The average Bonchev–Trinajstić information content (AvgIpc) is 2.31. The second-order valence-electron chi connectivity index (χ2n) is 3.87. The summed E-state index contributed by atoms with van der Waals surface area (Å²) in [5.41, 5.74) is 2.26. The summed E-state index contributed by atoms with van der Waals surface area (Å²) >= 11 is 0. The first-order valence-corrected chi connectivity index (χ1v) is 5.76. The molecule has 1 unspecified atom stereocenters. The molecule has 1 rings (SSSR count). The van der Waals surface area contributed by atoms with E-state index in [0.29, 0.717) is 13.0 Å². The molecule has 2 N–H and O–H groups in total. The van der Waals surface area contributed by atoms with Crippen LogP contribution in [-0.2, 0) is 11.2 Å². The molecule has 0 saturated heterocycles. The lowest BCUT2D eigenvalue weighted by Gasteiger charge is -2.17. The van der Waals surface area contributed by atoms with Crippen molar-refractivity contribution in [2.75, 3.05) is 13.2 Å². The van der Waals surface area contributed by atoms with Gasteiger partial charge in [-0.1, -0.05) is 24.3 Å². The Kier molecular flexibility index (Phi) is 5.49. The molecule has 0 aliphatic carbocycles. The molecule has 0 aromatic heterocycles. The van der Waals surface area contributed by atoms with Gasteiger partial charge in [0.2, 0.25) is 0 Å². The Morgan fingerprint density at radius 1 is 1.47 bits per heavy atom. The van der Waals surface area contributed by atoms with Crippen LogP contribution in [0.4, 0.5) is 4.79 Å². The summed E-state index contributed by atoms with van der Waals surface area (Å²) in [6, 6.07) is 7.60. The van der Waals surface area contributed by atoms with Crippen LogP contribution in [0.1, 0.15) is 18.1 Å². The Morgan fingerprint density at radius 3 is 2.76 bits per heavy atom. The van der Waals surface area contributed by atoms with Crippen LogP contribution < -0.4 is 5.32 Å². The number of amides is 1. The minimum absolute atomic E-state index is 0.104. The number of aliphatic hydroxyl groups is 1. The van der Waals surface area contributed by atoms with Gasteiger partial charge in [-0.3, -0.25) is 0 Å². The number of rotatable bonds is 5. The third kappa shape index (κ3) is 4.44. The Balaban J connectivity index is 2.58. The lowest BCUT2D eigenvalue weighted by molar-refractivity contribution is 0.140. The van der Waals surface area contributed by atoms with E-state index in [4.69, 9.17) is 4.74 Å². The molecular weight excluding hydrogens is 218 g/mol. The summed E-state index contributed by atoms with van der Waals surface area (Å²) < 4.78 is 4.78. The number of carbonyl (C=O) groups excluding carboxylic acids is 1. The van der Waals surface area contributed by atoms with Crippen molar-refractivity contribution < 1.29 is 14.6 Å². The zero-order valence-corrected chi connectivity index (χ0v) is 10.3. The van der Waals surface area contributed by atoms with Gasteiger partial charge in [0.05, 0.1) is 19.3 Å². The van der Waals surface area contributed by atoms with E-state index in [1.54, 1.807) is 6.92 Å². The van der Waals surface area contributed by atoms with E-state index in [9.17, 15) is 9.90 Å². The van der Waals surface area contributed by atoms with E-state index in [1.165, 1.54) is 0 Å². The number of alkyl carbamates (subject to hydrolysis) is 1. The molecule has 4 nitrogen and oxygen atoms in total. The first-order valence-electron chi connectivity index (χ1n) is 5.76. The van der Waals surface area contributed by atoms with E-state index >= 15 is 0 Å². The summed E-state index contributed by atoms with van der Waals surface area (Å²) in [7, 11) is 0. The van der Waals surface area contributed by atoms with Crippen LogP contribution in [-0.4, -0.2) is 30.5 Å². The summed E-state index contributed by atoms with van der Waals surface area (Å²) in [6.45, 7) is 3.98. The number of aryl methyl sites for hydroxylation is 1. The molecule has 0 saturated carbocycles. The van der Waals surface area contributed by atoms with E-state index in [0.717, 1.165) is 11.1 Å². The summed E-state index contributed by atoms with van der Waals surface area (Å²) in [6.07, 6.45) is 0.113. The van der Waals surface area contributed by atoms with E-state index in [-0.39, 0.29) is 12.6 Å². The van der Waals surface area contributed by atoms with Gasteiger partial charge < -0.3 is 15.2 Å². The lowest BCUT2D eigenvalue weighted by Crippen LogP contribution is -2.39. The summed E-state index contributed by atoms with van der Waals surface area (Å²) in [5, 5.41) is 11.9. The van der Waals surface area contributed by atoms with Crippen molar-refractivity contribution in [2.45, 2.75) is 26.3 Å². The fourth-order valence-electron chi connectivity index (χ4n) is 1.61. The van der Waals surface area contributed by atoms with Gasteiger partial charge in [-0.25, -0.2) is 4.79 Å². The third-order valence-corrected chi connectivity index (χ3v) is 2.55. The maximum absolute atomic E-state index is 11.2. The molecule has 17 heavy (non-hydrogen) atoms. The lowest BCUT2D eigenvalue weighted by atomic mass is 10.0. The molecule has 94 valence electrons. The molecule has 1 atom stereocenters. The SMILES string of the molecule is CCOC(=O)NC(CO)Cc1ccccc1C. The first kappa shape index (κ1) is 13.5. The molecule has 0 aliphatic heterocycles. The minimum Gasteiger partial charge on any atom is -0.450 e. The number of aliphatic hydroxyl groups excluding tert-OH is 1. The fourth-order valence-corrected chi connectivity index (χ4v) is 1.61. The second kappa shape index (κ2) is 6.91. The molecule has 1 aromatic rings. The number of ether oxygens (including phenoxy) is 1. The quantitative estimate of drug-likeness (QED) is 0.818. The highest BCUT2D eigenvalue weighted by atomic mass is 16.5. The molecule has 1 aromatic carbocycles. The summed E-state index contributed by atoms with van der Waals surface area (Å²) in [5.74, 6) is 0. The highest BCUT2D eigenvalue weighted by Crippen LogP contribution is 2.09. The predicted octanol–water partition coefficient (Wildman–Crippen LogP) is 1.64. The van der Waals surface area contributed by atoms with Crippen molar-refractivity contribution in [3.05, 3.63) is 35.4 Å². The number of carbonyl (C=O) groups is 1. The van der Waals surface area contributed by atoms with Gasteiger partial charge in [0.15, 0.2) is 0 Å². The van der Waals surface area contributed by atoms with E-state index < -0.39 is 6.09 Å². The number of nitrogens with one attached hydrogen (secondary N) is 1. The smallest absolute Gasteiger partial charge is 0.407 e. The predicted molar refractivity (Wildman–Crippen MR) is 65.9 cm³/mol. The van der Waals surface area contributed by atoms with Crippen molar-refractivity contribution in [3.63, 3.8) is 0 Å². The summed E-state index contributed by atoms with van der Waals surface area (Å²) in [4.78, 5) is 11.2.